The molecule has 2 aromatic rings. The number of hydrogen-bond donors (Lipinski definition) is 1. The van der Waals surface area contributed by atoms with Gasteiger partial charge in [-0.2, -0.15) is 0 Å². The van der Waals surface area contributed by atoms with E-state index in [4.69, 9.17) is 25.8 Å². The lowest BCUT2D eigenvalue weighted by Crippen LogP contribution is -2.23. The van der Waals surface area contributed by atoms with Crippen molar-refractivity contribution in [1.29, 1.82) is 0 Å². The van der Waals surface area contributed by atoms with Gasteiger partial charge in [0.05, 0.1) is 31.4 Å². The van der Waals surface area contributed by atoms with E-state index in [0.29, 0.717) is 41.0 Å². The van der Waals surface area contributed by atoms with Crippen molar-refractivity contribution in [3.05, 3.63) is 52.0 Å². The minimum absolute atomic E-state index is 0.218. The van der Waals surface area contributed by atoms with Gasteiger partial charge < -0.3 is 19.5 Å². The molecule has 0 saturated heterocycles. The molecule has 0 aromatic heterocycles. The van der Waals surface area contributed by atoms with Gasteiger partial charge in [0.25, 0.3) is 5.91 Å². The highest BCUT2D eigenvalue weighted by Gasteiger charge is 2.15. The molecular formula is C19H22ClNO4. The molecule has 0 spiro atoms. The molecule has 0 unspecified atom stereocenters. The second-order valence-corrected chi connectivity index (χ2v) is 5.84. The lowest BCUT2D eigenvalue weighted by atomic mass is 10.1. The van der Waals surface area contributed by atoms with Crippen molar-refractivity contribution in [1.82, 2.24) is 5.32 Å². The summed E-state index contributed by atoms with van der Waals surface area (Å²) in [6.07, 6.45) is 0. The van der Waals surface area contributed by atoms with E-state index < -0.39 is 0 Å². The van der Waals surface area contributed by atoms with E-state index in [1.165, 1.54) is 0 Å². The zero-order chi connectivity index (χ0) is 18.4. The summed E-state index contributed by atoms with van der Waals surface area (Å²) < 4.78 is 16.1. The van der Waals surface area contributed by atoms with E-state index in [2.05, 4.69) is 5.32 Å². The number of nitrogens with one attached hydrogen (secondary N) is 1. The minimum Gasteiger partial charge on any atom is -0.496 e. The highest BCUT2D eigenvalue weighted by atomic mass is 35.5. The zero-order valence-corrected chi connectivity index (χ0v) is 15.6. The fourth-order valence-corrected chi connectivity index (χ4v) is 2.72. The number of ether oxygens (including phenoxy) is 3. The van der Waals surface area contributed by atoms with Gasteiger partial charge in [0.15, 0.2) is 11.5 Å². The first-order valence-electron chi connectivity index (χ1n) is 7.92. The Morgan fingerprint density at radius 2 is 1.84 bits per heavy atom. The van der Waals surface area contributed by atoms with Crippen LogP contribution in [0, 0.1) is 6.92 Å². The summed E-state index contributed by atoms with van der Waals surface area (Å²) in [6, 6.07) is 9.01. The molecule has 2 rings (SSSR count). The number of halogens is 1. The normalized spacial score (nSPS) is 10.3. The second-order valence-electron chi connectivity index (χ2n) is 5.43. The predicted octanol–water partition coefficient (Wildman–Crippen LogP) is 3.99. The fourth-order valence-electron chi connectivity index (χ4n) is 2.44. The maximum atomic E-state index is 12.5. The number of rotatable bonds is 7. The van der Waals surface area contributed by atoms with Crippen LogP contribution in [0.4, 0.5) is 0 Å². The van der Waals surface area contributed by atoms with Crippen LogP contribution in [0.5, 0.6) is 17.2 Å². The number of methoxy groups -OCH3 is 2. The Hall–Kier alpha value is -2.40. The molecule has 0 atom stereocenters. The van der Waals surface area contributed by atoms with Crippen LogP contribution < -0.4 is 19.5 Å². The van der Waals surface area contributed by atoms with Crippen molar-refractivity contribution in [3.8, 4) is 17.2 Å². The third-order valence-corrected chi connectivity index (χ3v) is 3.91. The Labute approximate surface area is 152 Å². The van der Waals surface area contributed by atoms with Crippen LogP contribution in [0.25, 0.3) is 0 Å². The number of carbonyl (C=O) groups is 1. The molecule has 25 heavy (non-hydrogen) atoms. The van der Waals surface area contributed by atoms with Gasteiger partial charge in [0.2, 0.25) is 0 Å². The van der Waals surface area contributed by atoms with Crippen LogP contribution >= 0.6 is 11.6 Å². The van der Waals surface area contributed by atoms with Crippen molar-refractivity contribution in [2.75, 3.05) is 20.8 Å². The Balaban J connectivity index is 2.17. The maximum Gasteiger partial charge on any atom is 0.255 e. The molecule has 6 heteroatoms. The van der Waals surface area contributed by atoms with E-state index in [-0.39, 0.29) is 5.91 Å². The molecular weight excluding hydrogens is 342 g/mol. The molecule has 0 radical (unpaired) electrons. The first-order chi connectivity index (χ1) is 12.0. The maximum absolute atomic E-state index is 12.5. The molecule has 0 fully saturated rings. The first kappa shape index (κ1) is 18.9. The predicted molar refractivity (Wildman–Crippen MR) is 98.1 cm³/mol. The SMILES string of the molecule is CCOc1c(Cl)cc(CNC(=O)c2cc(C)ccc2OC)cc1OC. The molecule has 134 valence electrons. The summed E-state index contributed by atoms with van der Waals surface area (Å²) in [6.45, 7) is 4.59. The third-order valence-electron chi connectivity index (χ3n) is 3.63. The fraction of sp³-hybridized carbons (Fsp3) is 0.316. The van der Waals surface area contributed by atoms with E-state index in [0.717, 1.165) is 11.1 Å². The topological polar surface area (TPSA) is 56.8 Å². The Kier molecular flexibility index (Phi) is 6.53. The van der Waals surface area contributed by atoms with Crippen LogP contribution in [0.1, 0.15) is 28.4 Å². The Morgan fingerprint density at radius 3 is 2.48 bits per heavy atom. The number of hydrogen-bond acceptors (Lipinski definition) is 4. The van der Waals surface area contributed by atoms with Gasteiger partial charge >= 0.3 is 0 Å². The van der Waals surface area contributed by atoms with Crippen molar-refractivity contribution >= 4 is 17.5 Å². The van der Waals surface area contributed by atoms with E-state index >= 15 is 0 Å². The smallest absolute Gasteiger partial charge is 0.255 e. The largest absolute Gasteiger partial charge is 0.496 e. The van der Waals surface area contributed by atoms with Crippen LogP contribution in [0.2, 0.25) is 5.02 Å². The van der Waals surface area contributed by atoms with Gasteiger partial charge in [0.1, 0.15) is 5.75 Å². The average molecular weight is 364 g/mol. The van der Waals surface area contributed by atoms with Gasteiger partial charge in [-0.25, -0.2) is 0 Å². The second kappa shape index (κ2) is 8.62. The summed E-state index contributed by atoms with van der Waals surface area (Å²) in [5.74, 6) is 1.35. The monoisotopic (exact) mass is 363 g/mol. The molecule has 1 N–H and O–H groups in total. The molecule has 2 aromatic carbocycles. The quantitative estimate of drug-likeness (QED) is 0.808. The molecule has 0 bridgehead atoms. The number of amides is 1. The summed E-state index contributed by atoms with van der Waals surface area (Å²) in [4.78, 5) is 12.5. The van der Waals surface area contributed by atoms with Gasteiger partial charge in [-0.1, -0.05) is 23.2 Å². The van der Waals surface area contributed by atoms with E-state index in [9.17, 15) is 4.79 Å². The zero-order valence-electron chi connectivity index (χ0n) is 14.8. The first-order valence-corrected chi connectivity index (χ1v) is 8.30. The van der Waals surface area contributed by atoms with Crippen LogP contribution in [0.3, 0.4) is 0 Å². The molecule has 5 nitrogen and oxygen atoms in total. The summed E-state index contributed by atoms with van der Waals surface area (Å²) in [7, 11) is 3.09. The summed E-state index contributed by atoms with van der Waals surface area (Å²) in [5, 5.41) is 3.32. The van der Waals surface area contributed by atoms with Gasteiger partial charge in [-0.15, -0.1) is 0 Å². The minimum atomic E-state index is -0.218. The summed E-state index contributed by atoms with van der Waals surface area (Å²) in [5.41, 5.74) is 2.29. The molecule has 0 saturated carbocycles. The number of benzene rings is 2. The highest BCUT2D eigenvalue weighted by molar-refractivity contribution is 6.32. The molecule has 1 amide bonds. The number of carbonyl (C=O) groups excluding carboxylic acids is 1. The van der Waals surface area contributed by atoms with Crippen molar-refractivity contribution in [2.24, 2.45) is 0 Å². The van der Waals surface area contributed by atoms with Gasteiger partial charge in [-0.3, -0.25) is 4.79 Å². The molecule has 0 aliphatic heterocycles. The van der Waals surface area contributed by atoms with Crippen molar-refractivity contribution in [2.45, 2.75) is 20.4 Å². The molecule has 0 aliphatic carbocycles. The van der Waals surface area contributed by atoms with Crippen LogP contribution in [-0.2, 0) is 6.54 Å². The average Bonchev–Trinajstić information content (AvgIpc) is 2.61. The lowest BCUT2D eigenvalue weighted by Gasteiger charge is -2.14. The highest BCUT2D eigenvalue weighted by Crippen LogP contribution is 2.36. The Morgan fingerprint density at radius 1 is 1.12 bits per heavy atom. The van der Waals surface area contributed by atoms with Gasteiger partial charge in [-0.05, 0) is 43.7 Å². The third kappa shape index (κ3) is 4.57. The summed E-state index contributed by atoms with van der Waals surface area (Å²) >= 11 is 6.26. The molecule has 0 heterocycles. The Bertz CT molecular complexity index is 761. The van der Waals surface area contributed by atoms with E-state index in [1.54, 1.807) is 38.5 Å². The molecule has 0 aliphatic rings. The van der Waals surface area contributed by atoms with Crippen LogP contribution in [0.15, 0.2) is 30.3 Å². The van der Waals surface area contributed by atoms with Crippen molar-refractivity contribution in [3.63, 3.8) is 0 Å². The van der Waals surface area contributed by atoms with E-state index in [1.807, 2.05) is 19.9 Å². The van der Waals surface area contributed by atoms with Crippen molar-refractivity contribution < 1.29 is 19.0 Å². The lowest BCUT2D eigenvalue weighted by molar-refractivity contribution is 0.0947. The van der Waals surface area contributed by atoms with Crippen LogP contribution in [-0.4, -0.2) is 26.7 Å². The number of aryl methyl sites for hydroxylation is 1. The van der Waals surface area contributed by atoms with Gasteiger partial charge in [0, 0.05) is 6.54 Å². The standard InChI is InChI=1S/C19H22ClNO4/c1-5-25-18-15(20)9-13(10-17(18)24-4)11-21-19(22)14-8-12(2)6-7-16(14)23-3/h6-10H,5,11H2,1-4H3,(H,21,22).